The van der Waals surface area contributed by atoms with E-state index in [-0.39, 0.29) is 12.1 Å². The van der Waals surface area contributed by atoms with Crippen LogP contribution in [0.15, 0.2) is 42.5 Å². The van der Waals surface area contributed by atoms with Gasteiger partial charge in [-0.05, 0) is 44.0 Å². The summed E-state index contributed by atoms with van der Waals surface area (Å²) in [5, 5.41) is 4.38. The number of rotatable bonds is 5. The zero-order valence-corrected chi connectivity index (χ0v) is 13.7. The highest BCUT2D eigenvalue weighted by Crippen LogP contribution is 2.29. The summed E-state index contributed by atoms with van der Waals surface area (Å²) >= 11 is 6.26. The third-order valence-corrected chi connectivity index (χ3v) is 4.07. The van der Waals surface area contributed by atoms with Crippen LogP contribution in [0.2, 0.25) is 5.02 Å². The van der Waals surface area contributed by atoms with Crippen molar-refractivity contribution < 1.29 is 4.74 Å². The zero-order valence-electron chi connectivity index (χ0n) is 13.0. The monoisotopic (exact) mass is 303 g/mol. The minimum Gasteiger partial charge on any atom is -0.496 e. The Morgan fingerprint density at radius 3 is 2.33 bits per heavy atom. The van der Waals surface area contributed by atoms with E-state index in [9.17, 15) is 0 Å². The molecule has 0 aliphatic rings. The Hall–Kier alpha value is -1.51. The maximum absolute atomic E-state index is 6.26. The van der Waals surface area contributed by atoms with E-state index < -0.39 is 0 Å². The number of nitrogens with one attached hydrogen (secondary N) is 1. The van der Waals surface area contributed by atoms with Crippen LogP contribution in [0.4, 0.5) is 0 Å². The second kappa shape index (κ2) is 6.97. The Balaban J connectivity index is 2.18. The van der Waals surface area contributed by atoms with Gasteiger partial charge < -0.3 is 10.1 Å². The Morgan fingerprint density at radius 2 is 1.67 bits per heavy atom. The first-order valence-electron chi connectivity index (χ1n) is 7.18. The molecule has 2 nitrogen and oxygen atoms in total. The molecule has 0 fully saturated rings. The number of halogens is 1. The molecule has 0 radical (unpaired) electrons. The number of benzene rings is 2. The number of methoxy groups -OCH3 is 1. The SMILES string of the molecule is COc1cc(C)ccc1C(C)NC(C)c1ccccc1Cl. The third-order valence-electron chi connectivity index (χ3n) is 3.73. The quantitative estimate of drug-likeness (QED) is 0.832. The predicted molar refractivity (Wildman–Crippen MR) is 89.1 cm³/mol. The van der Waals surface area contributed by atoms with Crippen LogP contribution in [0.25, 0.3) is 0 Å². The molecule has 1 N–H and O–H groups in total. The van der Waals surface area contributed by atoms with Crippen LogP contribution in [0.5, 0.6) is 5.75 Å². The van der Waals surface area contributed by atoms with Crippen molar-refractivity contribution in [3.63, 3.8) is 0 Å². The molecule has 21 heavy (non-hydrogen) atoms. The largest absolute Gasteiger partial charge is 0.496 e. The summed E-state index contributed by atoms with van der Waals surface area (Å²) < 4.78 is 5.49. The van der Waals surface area contributed by atoms with Gasteiger partial charge in [-0.15, -0.1) is 0 Å². The molecule has 3 heteroatoms. The molecule has 2 rings (SSSR count). The standard InChI is InChI=1S/C18H22ClNO/c1-12-9-10-16(18(11-12)21-4)14(3)20-13(2)15-7-5-6-8-17(15)19/h5-11,13-14,20H,1-4H3. The van der Waals surface area contributed by atoms with Crippen LogP contribution < -0.4 is 10.1 Å². The fraction of sp³-hybridized carbons (Fsp3) is 0.333. The normalized spacial score (nSPS) is 13.8. The molecule has 0 aromatic heterocycles. The molecule has 0 saturated carbocycles. The Labute approximate surface area is 132 Å². The maximum Gasteiger partial charge on any atom is 0.123 e. The number of hydrogen-bond acceptors (Lipinski definition) is 2. The molecular formula is C18H22ClNO. The van der Waals surface area contributed by atoms with E-state index in [2.05, 4.69) is 50.4 Å². The number of hydrogen-bond donors (Lipinski definition) is 1. The molecule has 0 amide bonds. The van der Waals surface area contributed by atoms with E-state index in [1.54, 1.807) is 7.11 Å². The van der Waals surface area contributed by atoms with Crippen LogP contribution in [0.3, 0.4) is 0 Å². The molecule has 0 spiro atoms. The van der Waals surface area contributed by atoms with Gasteiger partial charge in [0.25, 0.3) is 0 Å². The molecule has 2 atom stereocenters. The van der Waals surface area contributed by atoms with Crippen molar-refractivity contribution >= 4 is 11.6 Å². The Kier molecular flexibility index (Phi) is 5.27. The van der Waals surface area contributed by atoms with E-state index >= 15 is 0 Å². The Morgan fingerprint density at radius 1 is 1.00 bits per heavy atom. The van der Waals surface area contributed by atoms with Crippen LogP contribution in [-0.2, 0) is 0 Å². The average molecular weight is 304 g/mol. The topological polar surface area (TPSA) is 21.3 Å². The lowest BCUT2D eigenvalue weighted by molar-refractivity contribution is 0.396. The molecule has 0 aliphatic carbocycles. The van der Waals surface area contributed by atoms with Gasteiger partial charge in [0.15, 0.2) is 0 Å². The van der Waals surface area contributed by atoms with E-state index in [1.165, 1.54) is 5.56 Å². The summed E-state index contributed by atoms with van der Waals surface area (Å²) in [7, 11) is 1.71. The second-order valence-corrected chi connectivity index (χ2v) is 5.78. The molecule has 2 aromatic carbocycles. The highest BCUT2D eigenvalue weighted by atomic mass is 35.5. The van der Waals surface area contributed by atoms with Gasteiger partial charge in [0.2, 0.25) is 0 Å². The van der Waals surface area contributed by atoms with Gasteiger partial charge in [0.05, 0.1) is 7.11 Å². The van der Waals surface area contributed by atoms with Gasteiger partial charge >= 0.3 is 0 Å². The fourth-order valence-corrected chi connectivity index (χ4v) is 2.86. The van der Waals surface area contributed by atoms with Crippen molar-refractivity contribution in [2.24, 2.45) is 0 Å². The molecule has 112 valence electrons. The molecule has 0 aliphatic heterocycles. The molecule has 2 aromatic rings. The van der Waals surface area contributed by atoms with Gasteiger partial charge in [-0.25, -0.2) is 0 Å². The van der Waals surface area contributed by atoms with Crippen LogP contribution >= 0.6 is 11.6 Å². The second-order valence-electron chi connectivity index (χ2n) is 5.38. The molecule has 2 unspecified atom stereocenters. The van der Waals surface area contributed by atoms with Crippen molar-refractivity contribution in [3.05, 3.63) is 64.2 Å². The van der Waals surface area contributed by atoms with Gasteiger partial charge in [-0.1, -0.05) is 41.9 Å². The summed E-state index contributed by atoms with van der Waals surface area (Å²) in [5.74, 6) is 0.918. The smallest absolute Gasteiger partial charge is 0.123 e. The molecule has 0 bridgehead atoms. The summed E-state index contributed by atoms with van der Waals surface area (Å²) in [6.45, 7) is 6.33. The van der Waals surface area contributed by atoms with Gasteiger partial charge in [-0.2, -0.15) is 0 Å². The lowest BCUT2D eigenvalue weighted by atomic mass is 10.0. The minimum absolute atomic E-state index is 0.166. The summed E-state index contributed by atoms with van der Waals surface area (Å²) in [6, 6.07) is 14.6. The van der Waals surface area contributed by atoms with Crippen molar-refractivity contribution in [1.82, 2.24) is 5.32 Å². The van der Waals surface area contributed by atoms with Gasteiger partial charge in [0.1, 0.15) is 5.75 Å². The fourth-order valence-electron chi connectivity index (χ4n) is 2.56. The lowest BCUT2D eigenvalue weighted by Gasteiger charge is -2.23. The van der Waals surface area contributed by atoms with Crippen LogP contribution in [0.1, 0.15) is 42.6 Å². The van der Waals surface area contributed by atoms with E-state index in [4.69, 9.17) is 16.3 Å². The predicted octanol–water partition coefficient (Wildman–Crippen LogP) is 5.07. The first kappa shape index (κ1) is 15.9. The minimum atomic E-state index is 0.166. The third kappa shape index (κ3) is 3.78. The lowest BCUT2D eigenvalue weighted by Crippen LogP contribution is -2.23. The average Bonchev–Trinajstić information content (AvgIpc) is 2.47. The van der Waals surface area contributed by atoms with Crippen molar-refractivity contribution in [3.8, 4) is 5.75 Å². The van der Waals surface area contributed by atoms with E-state index in [1.807, 2.05) is 18.2 Å². The number of ether oxygens (including phenoxy) is 1. The van der Waals surface area contributed by atoms with Gasteiger partial charge in [-0.3, -0.25) is 0 Å². The van der Waals surface area contributed by atoms with Crippen molar-refractivity contribution in [2.75, 3.05) is 7.11 Å². The van der Waals surface area contributed by atoms with Crippen LogP contribution in [-0.4, -0.2) is 7.11 Å². The molecular weight excluding hydrogens is 282 g/mol. The maximum atomic E-state index is 6.26. The number of aryl methyl sites for hydroxylation is 1. The first-order valence-corrected chi connectivity index (χ1v) is 7.55. The highest BCUT2D eigenvalue weighted by Gasteiger charge is 2.16. The highest BCUT2D eigenvalue weighted by molar-refractivity contribution is 6.31. The van der Waals surface area contributed by atoms with Crippen molar-refractivity contribution in [1.29, 1.82) is 0 Å². The molecule has 0 saturated heterocycles. The van der Waals surface area contributed by atoms with Crippen LogP contribution in [0, 0.1) is 6.92 Å². The van der Waals surface area contributed by atoms with E-state index in [0.717, 1.165) is 21.9 Å². The van der Waals surface area contributed by atoms with Crippen molar-refractivity contribution in [2.45, 2.75) is 32.9 Å². The zero-order chi connectivity index (χ0) is 15.4. The van der Waals surface area contributed by atoms with E-state index in [0.29, 0.717) is 0 Å². The summed E-state index contributed by atoms with van der Waals surface area (Å²) in [5.41, 5.74) is 3.46. The first-order chi connectivity index (χ1) is 10.0. The van der Waals surface area contributed by atoms with Gasteiger partial charge in [0, 0.05) is 22.7 Å². The summed E-state index contributed by atoms with van der Waals surface area (Å²) in [6.07, 6.45) is 0. The molecule has 0 heterocycles. The Bertz CT molecular complexity index is 612. The summed E-state index contributed by atoms with van der Waals surface area (Å²) in [4.78, 5) is 0.